The lowest BCUT2D eigenvalue weighted by Crippen LogP contribution is -2.16. The van der Waals surface area contributed by atoms with Crippen LogP contribution in [0, 0.1) is 16.7 Å². The molecule has 0 amide bonds. The van der Waals surface area contributed by atoms with Gasteiger partial charge in [0, 0.05) is 23.6 Å². The van der Waals surface area contributed by atoms with Gasteiger partial charge in [0.15, 0.2) is 5.78 Å². The average Bonchev–Trinajstić information content (AvgIpc) is 3.38. The van der Waals surface area contributed by atoms with Crippen LogP contribution in [-0.4, -0.2) is 15.6 Å². The van der Waals surface area contributed by atoms with Crippen molar-refractivity contribution < 1.29 is 4.79 Å². The molecule has 1 heterocycles. The van der Waals surface area contributed by atoms with Crippen LogP contribution in [0.15, 0.2) is 24.3 Å². The number of benzene rings is 1. The van der Waals surface area contributed by atoms with E-state index in [4.69, 9.17) is 10.4 Å². The molecule has 0 saturated heterocycles. The highest BCUT2D eigenvalue weighted by atomic mass is 16.1. The molecule has 0 spiro atoms. The van der Waals surface area contributed by atoms with Crippen LogP contribution >= 0.6 is 0 Å². The molecule has 27 heavy (non-hydrogen) atoms. The number of ketones is 1. The molecule has 0 aliphatic heterocycles. The lowest BCUT2D eigenvalue weighted by molar-refractivity contribution is 0.0952. The summed E-state index contributed by atoms with van der Waals surface area (Å²) in [6, 6.07) is 9.82. The van der Waals surface area contributed by atoms with E-state index in [2.05, 4.69) is 40.7 Å². The Kier molecular flexibility index (Phi) is 5.24. The van der Waals surface area contributed by atoms with Crippen molar-refractivity contribution in [2.75, 3.05) is 0 Å². The maximum atomic E-state index is 13.2. The van der Waals surface area contributed by atoms with Gasteiger partial charge in [0.25, 0.3) is 0 Å². The molecular weight excluding hydrogens is 334 g/mol. The van der Waals surface area contributed by atoms with Crippen LogP contribution < -0.4 is 0 Å². The summed E-state index contributed by atoms with van der Waals surface area (Å²) in [5.74, 6) is 0.629. The molecule has 1 aliphatic rings. The van der Waals surface area contributed by atoms with Gasteiger partial charge in [-0.2, -0.15) is 10.4 Å². The van der Waals surface area contributed by atoms with Crippen molar-refractivity contribution in [2.45, 2.75) is 72.3 Å². The number of nitriles is 1. The Bertz CT molecular complexity index is 872. The van der Waals surface area contributed by atoms with Crippen molar-refractivity contribution in [1.82, 2.24) is 9.78 Å². The molecule has 1 fully saturated rings. The molecule has 0 unspecified atom stereocenters. The molecule has 3 rings (SSSR count). The van der Waals surface area contributed by atoms with Crippen LogP contribution in [0.2, 0.25) is 0 Å². The molecule has 0 radical (unpaired) electrons. The lowest BCUT2D eigenvalue weighted by Gasteiger charge is -2.18. The van der Waals surface area contributed by atoms with Gasteiger partial charge >= 0.3 is 0 Å². The van der Waals surface area contributed by atoms with Gasteiger partial charge in [-0.25, -0.2) is 0 Å². The number of hydrogen-bond acceptors (Lipinski definition) is 3. The molecule has 0 N–H and O–H groups in total. The van der Waals surface area contributed by atoms with Gasteiger partial charge in [0.05, 0.1) is 17.3 Å². The summed E-state index contributed by atoms with van der Waals surface area (Å²) >= 11 is 0. The maximum Gasteiger partial charge on any atom is 0.181 e. The first-order valence-corrected chi connectivity index (χ1v) is 9.87. The Hall–Kier alpha value is -2.41. The minimum absolute atomic E-state index is 0.128. The van der Waals surface area contributed by atoms with E-state index in [9.17, 15) is 4.79 Å². The molecule has 1 saturated carbocycles. The van der Waals surface area contributed by atoms with Crippen molar-refractivity contribution in [1.29, 1.82) is 5.26 Å². The minimum atomic E-state index is 0.128. The lowest BCUT2D eigenvalue weighted by atomic mass is 9.88. The Balaban J connectivity index is 2.07. The number of aromatic nitrogens is 2. The normalized spacial score (nSPS) is 14.4. The predicted molar refractivity (Wildman–Crippen MR) is 108 cm³/mol. The molecule has 0 atom stereocenters. The van der Waals surface area contributed by atoms with Crippen molar-refractivity contribution >= 4 is 5.78 Å². The molecule has 1 aromatic heterocycles. The molecule has 4 nitrogen and oxygen atoms in total. The number of rotatable bonds is 6. The monoisotopic (exact) mass is 363 g/mol. The van der Waals surface area contributed by atoms with Crippen molar-refractivity contribution in [3.8, 4) is 17.3 Å². The number of Topliss-reactive ketones (excluding diaryl/α,β-unsaturated/α-hetero) is 1. The van der Waals surface area contributed by atoms with Crippen LogP contribution in [0.1, 0.15) is 93.9 Å². The van der Waals surface area contributed by atoms with Gasteiger partial charge in [0.1, 0.15) is 5.69 Å². The zero-order valence-corrected chi connectivity index (χ0v) is 17.0. The van der Waals surface area contributed by atoms with Gasteiger partial charge in [-0.1, -0.05) is 32.9 Å². The largest absolute Gasteiger partial charge is 0.292 e. The van der Waals surface area contributed by atoms with Gasteiger partial charge < -0.3 is 0 Å². The Morgan fingerprint density at radius 1 is 1.26 bits per heavy atom. The topological polar surface area (TPSA) is 58.7 Å². The third-order valence-electron chi connectivity index (χ3n) is 5.08. The van der Waals surface area contributed by atoms with Crippen LogP contribution in [0.25, 0.3) is 11.3 Å². The quantitative estimate of drug-likeness (QED) is 0.601. The van der Waals surface area contributed by atoms with Crippen LogP contribution in [0.5, 0.6) is 0 Å². The van der Waals surface area contributed by atoms with Gasteiger partial charge in [0.2, 0.25) is 0 Å². The summed E-state index contributed by atoms with van der Waals surface area (Å²) in [7, 11) is 0. The van der Waals surface area contributed by atoms with Gasteiger partial charge in [-0.3, -0.25) is 9.48 Å². The predicted octanol–water partition coefficient (Wildman–Crippen LogP) is 5.89. The molecule has 4 heteroatoms. The third kappa shape index (κ3) is 4.30. The van der Waals surface area contributed by atoms with E-state index >= 15 is 0 Å². The van der Waals surface area contributed by atoms with Crippen molar-refractivity contribution in [2.24, 2.45) is 5.41 Å². The first-order chi connectivity index (χ1) is 12.7. The second kappa shape index (κ2) is 7.31. The summed E-state index contributed by atoms with van der Waals surface area (Å²) in [5, 5.41) is 13.9. The summed E-state index contributed by atoms with van der Waals surface area (Å²) in [6.45, 7) is 10.7. The van der Waals surface area contributed by atoms with Crippen molar-refractivity contribution in [3.63, 3.8) is 0 Å². The number of hydrogen-bond donors (Lipinski definition) is 0. The second-order valence-electron chi connectivity index (χ2n) is 9.10. The highest BCUT2D eigenvalue weighted by Gasteiger charge is 2.35. The Morgan fingerprint density at radius 3 is 2.37 bits per heavy atom. The Morgan fingerprint density at radius 2 is 1.89 bits per heavy atom. The summed E-state index contributed by atoms with van der Waals surface area (Å²) in [4.78, 5) is 13.2. The van der Waals surface area contributed by atoms with Crippen LogP contribution in [0.3, 0.4) is 0 Å². The second-order valence-corrected chi connectivity index (χ2v) is 9.10. The molecule has 1 aromatic carbocycles. The average molecular weight is 364 g/mol. The van der Waals surface area contributed by atoms with Gasteiger partial charge in [-0.05, 0) is 56.6 Å². The smallest absolute Gasteiger partial charge is 0.181 e. The Labute approximate surface area is 162 Å². The highest BCUT2D eigenvalue weighted by molar-refractivity contribution is 5.98. The fourth-order valence-electron chi connectivity index (χ4n) is 3.38. The molecular formula is C23H29N3O. The van der Waals surface area contributed by atoms with Crippen LogP contribution in [0.4, 0.5) is 0 Å². The maximum absolute atomic E-state index is 13.2. The standard InChI is InChI=1S/C23H29N3O/c1-15(2)26-22(19(27)12-13-23(3,4)5)20(17-10-11-17)21(25-26)18-8-6-16(14-24)7-9-18/h6-9,15,17H,10-13H2,1-5H3. The fraction of sp³-hybridized carbons (Fsp3) is 0.522. The van der Waals surface area contributed by atoms with E-state index in [1.807, 2.05) is 28.9 Å². The SMILES string of the molecule is CC(C)n1nc(-c2ccc(C#N)cc2)c(C2CC2)c1C(=O)CCC(C)(C)C. The molecule has 1 aliphatic carbocycles. The van der Waals surface area contributed by atoms with E-state index in [0.717, 1.165) is 41.8 Å². The zero-order chi connectivity index (χ0) is 19.8. The fourth-order valence-corrected chi connectivity index (χ4v) is 3.38. The summed E-state index contributed by atoms with van der Waals surface area (Å²) < 4.78 is 1.92. The van der Waals surface area contributed by atoms with Crippen molar-refractivity contribution in [3.05, 3.63) is 41.1 Å². The van der Waals surface area contributed by atoms with E-state index in [0.29, 0.717) is 17.9 Å². The van der Waals surface area contributed by atoms with E-state index in [-0.39, 0.29) is 17.2 Å². The summed E-state index contributed by atoms with van der Waals surface area (Å²) in [6.07, 6.45) is 3.65. The first kappa shape index (κ1) is 19.4. The minimum Gasteiger partial charge on any atom is -0.292 e. The summed E-state index contributed by atoms with van der Waals surface area (Å²) in [5.41, 5.74) is 4.59. The third-order valence-corrected chi connectivity index (χ3v) is 5.08. The highest BCUT2D eigenvalue weighted by Crippen LogP contribution is 2.47. The van der Waals surface area contributed by atoms with E-state index < -0.39 is 0 Å². The zero-order valence-electron chi connectivity index (χ0n) is 17.0. The first-order valence-electron chi connectivity index (χ1n) is 9.87. The number of nitrogens with zero attached hydrogens (tertiary/aromatic N) is 3. The van der Waals surface area contributed by atoms with Gasteiger partial charge in [-0.15, -0.1) is 0 Å². The van der Waals surface area contributed by atoms with Crippen LogP contribution in [-0.2, 0) is 0 Å². The number of carbonyl (C=O) groups excluding carboxylic acids is 1. The van der Waals surface area contributed by atoms with E-state index in [1.54, 1.807) is 0 Å². The van der Waals surface area contributed by atoms with E-state index in [1.165, 1.54) is 0 Å². The molecule has 142 valence electrons. The molecule has 2 aromatic rings. The number of carbonyl (C=O) groups is 1. The molecule has 0 bridgehead atoms.